The third kappa shape index (κ3) is 5.49. The van der Waals surface area contributed by atoms with Gasteiger partial charge in [0.2, 0.25) is 5.95 Å². The van der Waals surface area contributed by atoms with Crippen LogP contribution in [0.2, 0.25) is 0 Å². The van der Waals surface area contributed by atoms with Crippen molar-refractivity contribution in [2.24, 2.45) is 5.92 Å². The number of aromatic nitrogens is 4. The average molecular weight is 382 g/mol. The van der Waals surface area contributed by atoms with E-state index in [1.807, 2.05) is 0 Å². The van der Waals surface area contributed by atoms with Gasteiger partial charge in [0.1, 0.15) is 12.1 Å². The second kappa shape index (κ2) is 8.93. The Hall–Kier alpha value is -2.50. The predicted octanol–water partition coefficient (Wildman–Crippen LogP) is 0.449. The zero-order valence-electron chi connectivity index (χ0n) is 15.8. The molecule has 0 spiro atoms. The van der Waals surface area contributed by atoms with Crippen molar-refractivity contribution >= 4 is 28.9 Å². The molecule has 0 unspecified atom stereocenters. The fraction of sp³-hybridized carbons (Fsp3) is 0.625. The van der Waals surface area contributed by atoms with Crippen molar-refractivity contribution in [3.05, 3.63) is 6.33 Å². The topological polar surface area (TPSA) is 161 Å². The highest BCUT2D eigenvalue weighted by Gasteiger charge is 2.30. The van der Waals surface area contributed by atoms with Crippen molar-refractivity contribution in [1.29, 1.82) is 0 Å². The second-order valence-corrected chi connectivity index (χ2v) is 6.52. The molecule has 3 rings (SSSR count). The van der Waals surface area contributed by atoms with Crippen molar-refractivity contribution in [3.8, 4) is 0 Å². The van der Waals surface area contributed by atoms with Gasteiger partial charge in [-0.25, -0.2) is 4.98 Å². The number of aliphatic hydroxyl groups excluding tert-OH is 1. The number of nitrogens with zero attached hydrogens (tertiary/aromatic N) is 4. The molecule has 1 aliphatic heterocycles. The van der Waals surface area contributed by atoms with Crippen molar-refractivity contribution in [1.82, 2.24) is 19.5 Å². The van der Waals surface area contributed by atoms with Crippen molar-refractivity contribution in [2.75, 3.05) is 24.7 Å². The zero-order valence-corrected chi connectivity index (χ0v) is 15.8. The number of hydrogen-bond donors (Lipinski definition) is 3. The standard InChI is InChI=1S/C13H18N6O4.C3H8O/c1-6(2)12(20)22-4-8-21-3-7(23-8)19-5-16-9-10(14)17-13(15)18-11(9)19;1-3(2)4/h5-8H,3-4H2,1-2H3,(H4,14,15,17,18);3-4H,1-2H3/t7-,8-;/m1./s1. The largest absolute Gasteiger partial charge is 0.460 e. The summed E-state index contributed by atoms with van der Waals surface area (Å²) in [6, 6.07) is 0. The molecule has 1 saturated heterocycles. The Bertz CT molecular complexity index is 775. The van der Waals surface area contributed by atoms with Gasteiger partial charge >= 0.3 is 5.97 Å². The SMILES string of the molecule is CC(C)C(=O)OC[C@@H]1OC[C@H](n2cnc3c(N)nc(N)nc32)O1.CC(C)O. The summed E-state index contributed by atoms with van der Waals surface area (Å²) in [4.78, 5) is 23.6. The third-order valence-corrected chi connectivity index (χ3v) is 3.34. The van der Waals surface area contributed by atoms with Crippen molar-refractivity contribution in [3.63, 3.8) is 0 Å². The average Bonchev–Trinajstić information content (AvgIpc) is 3.18. The monoisotopic (exact) mass is 382 g/mol. The van der Waals surface area contributed by atoms with E-state index < -0.39 is 12.5 Å². The van der Waals surface area contributed by atoms with Crippen LogP contribution in [0.5, 0.6) is 0 Å². The van der Waals surface area contributed by atoms with E-state index >= 15 is 0 Å². The Morgan fingerprint density at radius 3 is 2.67 bits per heavy atom. The fourth-order valence-corrected chi connectivity index (χ4v) is 2.16. The first kappa shape index (κ1) is 20.8. The highest BCUT2D eigenvalue weighted by Crippen LogP contribution is 2.26. The molecule has 0 aliphatic carbocycles. The number of imidazole rings is 1. The van der Waals surface area contributed by atoms with Crippen LogP contribution < -0.4 is 11.5 Å². The summed E-state index contributed by atoms with van der Waals surface area (Å²) in [5.41, 5.74) is 12.3. The molecule has 5 N–H and O–H groups in total. The lowest BCUT2D eigenvalue weighted by atomic mass is 10.2. The molecule has 2 aromatic heterocycles. The number of anilines is 2. The number of esters is 1. The van der Waals surface area contributed by atoms with Crippen molar-refractivity contribution < 1.29 is 24.1 Å². The molecule has 0 amide bonds. The van der Waals surface area contributed by atoms with E-state index in [0.29, 0.717) is 11.2 Å². The van der Waals surface area contributed by atoms with Crippen LogP contribution in [-0.4, -0.2) is 56.2 Å². The van der Waals surface area contributed by atoms with Crippen LogP contribution >= 0.6 is 0 Å². The minimum absolute atomic E-state index is 0.0272. The van der Waals surface area contributed by atoms with Crippen LogP contribution in [0.3, 0.4) is 0 Å². The van der Waals surface area contributed by atoms with Gasteiger partial charge in [0, 0.05) is 6.10 Å². The maximum atomic E-state index is 11.5. The van der Waals surface area contributed by atoms with Gasteiger partial charge in [-0.2, -0.15) is 9.97 Å². The molecule has 2 atom stereocenters. The molecule has 27 heavy (non-hydrogen) atoms. The molecule has 0 radical (unpaired) electrons. The smallest absolute Gasteiger partial charge is 0.308 e. The number of nitrogen functional groups attached to an aromatic ring is 2. The van der Waals surface area contributed by atoms with E-state index in [1.54, 1.807) is 32.3 Å². The lowest BCUT2D eigenvalue weighted by Gasteiger charge is -2.14. The van der Waals surface area contributed by atoms with E-state index in [1.165, 1.54) is 6.33 Å². The normalized spacial score (nSPS) is 19.4. The fourth-order valence-electron chi connectivity index (χ4n) is 2.16. The molecular formula is C16H26N6O5. The van der Waals surface area contributed by atoms with Gasteiger partial charge < -0.3 is 30.8 Å². The number of ether oxygens (including phenoxy) is 3. The molecule has 150 valence electrons. The van der Waals surface area contributed by atoms with Crippen LogP contribution in [0.4, 0.5) is 11.8 Å². The Labute approximate surface area is 156 Å². The van der Waals surface area contributed by atoms with Crippen LogP contribution in [0.1, 0.15) is 33.9 Å². The van der Waals surface area contributed by atoms with E-state index in [9.17, 15) is 4.79 Å². The van der Waals surface area contributed by atoms with Crippen molar-refractivity contribution in [2.45, 2.75) is 46.3 Å². The molecule has 0 saturated carbocycles. The summed E-state index contributed by atoms with van der Waals surface area (Å²) in [7, 11) is 0. The Morgan fingerprint density at radius 2 is 2.04 bits per heavy atom. The number of nitrogens with two attached hydrogens (primary N) is 2. The summed E-state index contributed by atoms with van der Waals surface area (Å²) >= 11 is 0. The minimum Gasteiger partial charge on any atom is -0.460 e. The summed E-state index contributed by atoms with van der Waals surface area (Å²) in [5, 5.41) is 8.06. The lowest BCUT2D eigenvalue weighted by Crippen LogP contribution is -2.22. The number of aliphatic hydroxyl groups is 1. The first-order valence-electron chi connectivity index (χ1n) is 8.56. The molecule has 0 bridgehead atoms. The highest BCUT2D eigenvalue weighted by atomic mass is 16.7. The predicted molar refractivity (Wildman–Crippen MR) is 97.2 cm³/mol. The van der Waals surface area contributed by atoms with Crippen LogP contribution in [-0.2, 0) is 19.0 Å². The Balaban J connectivity index is 0.000000596. The summed E-state index contributed by atoms with van der Waals surface area (Å²) < 4.78 is 17.9. The molecular weight excluding hydrogens is 356 g/mol. The number of rotatable bonds is 4. The molecule has 2 aromatic rings. The number of carbonyl (C=O) groups is 1. The summed E-state index contributed by atoms with van der Waals surface area (Å²) in [6.45, 7) is 7.25. The zero-order chi connectivity index (χ0) is 20.1. The number of hydrogen-bond acceptors (Lipinski definition) is 10. The van der Waals surface area contributed by atoms with Gasteiger partial charge in [-0.1, -0.05) is 13.8 Å². The highest BCUT2D eigenvalue weighted by molar-refractivity contribution is 5.82. The van der Waals surface area contributed by atoms with Gasteiger partial charge in [0.05, 0.1) is 18.9 Å². The Kier molecular flexibility index (Phi) is 6.88. The summed E-state index contributed by atoms with van der Waals surface area (Å²) in [6.07, 6.45) is 0.263. The third-order valence-electron chi connectivity index (χ3n) is 3.34. The van der Waals surface area contributed by atoms with E-state index in [4.69, 9.17) is 30.8 Å². The number of fused-ring (bicyclic) bond motifs is 1. The lowest BCUT2D eigenvalue weighted by molar-refractivity contribution is -0.162. The van der Waals surface area contributed by atoms with Gasteiger partial charge in [-0.15, -0.1) is 0 Å². The maximum Gasteiger partial charge on any atom is 0.308 e. The summed E-state index contributed by atoms with van der Waals surface area (Å²) in [5.74, 6) is -0.250. The first-order valence-corrected chi connectivity index (χ1v) is 8.56. The second-order valence-electron chi connectivity index (χ2n) is 6.52. The van der Waals surface area contributed by atoms with E-state index in [0.717, 1.165) is 0 Å². The van der Waals surface area contributed by atoms with Gasteiger partial charge in [-0.05, 0) is 13.8 Å². The van der Waals surface area contributed by atoms with E-state index in [2.05, 4.69) is 15.0 Å². The Morgan fingerprint density at radius 1 is 1.37 bits per heavy atom. The molecule has 3 heterocycles. The maximum absolute atomic E-state index is 11.5. The molecule has 1 fully saturated rings. The van der Waals surface area contributed by atoms with Gasteiger partial charge in [0.15, 0.2) is 24.0 Å². The van der Waals surface area contributed by atoms with Crippen LogP contribution in [0.25, 0.3) is 11.2 Å². The first-order chi connectivity index (χ1) is 12.7. The number of carbonyl (C=O) groups excluding carboxylic acids is 1. The minimum atomic E-state index is -0.642. The van der Waals surface area contributed by atoms with E-state index in [-0.39, 0.29) is 43.0 Å². The molecule has 11 nitrogen and oxygen atoms in total. The van der Waals surface area contributed by atoms with Crippen LogP contribution in [0.15, 0.2) is 6.33 Å². The van der Waals surface area contributed by atoms with Gasteiger partial charge in [0.25, 0.3) is 0 Å². The molecule has 1 aliphatic rings. The van der Waals surface area contributed by atoms with Gasteiger partial charge in [-0.3, -0.25) is 9.36 Å². The quantitative estimate of drug-likeness (QED) is 0.633. The molecule has 0 aromatic carbocycles. The molecule has 11 heteroatoms. The van der Waals surface area contributed by atoms with Crippen LogP contribution in [0, 0.1) is 5.92 Å².